The van der Waals surface area contributed by atoms with Crippen molar-refractivity contribution in [2.24, 2.45) is 0 Å². The number of nitrogens with zero attached hydrogens (tertiary/aromatic N) is 5. The number of hydrogen-bond donors (Lipinski definition) is 0. The number of aromatic nitrogens is 5. The van der Waals surface area contributed by atoms with Crippen molar-refractivity contribution in [2.45, 2.75) is 24.4 Å². The van der Waals surface area contributed by atoms with E-state index in [-0.39, 0.29) is 0 Å². The van der Waals surface area contributed by atoms with Crippen LogP contribution in [-0.4, -0.2) is 37.9 Å². The first kappa shape index (κ1) is 19.0. The second kappa shape index (κ2) is 8.34. The molecule has 0 fully saturated rings. The van der Waals surface area contributed by atoms with Gasteiger partial charge >= 0.3 is 0 Å². The molecule has 0 amide bonds. The molecule has 3 heterocycles. The number of methoxy groups -OCH3 is 1. The standard InChI is InChI=1S/C20H20ClN5OS/c1-14-4-3-9-25-12-17(22-18(14)25)13-28-20-24-23-19(26(20)10-11-27-2)15-5-7-16(21)8-6-15/h3-9,12H,10-11,13H2,1-2H3. The van der Waals surface area contributed by atoms with Crippen molar-refractivity contribution < 1.29 is 4.74 Å². The summed E-state index contributed by atoms with van der Waals surface area (Å²) in [5.41, 5.74) is 4.13. The van der Waals surface area contributed by atoms with Gasteiger partial charge in [-0.2, -0.15) is 0 Å². The molecule has 8 heteroatoms. The van der Waals surface area contributed by atoms with Crippen molar-refractivity contribution in [3.63, 3.8) is 0 Å². The number of pyridine rings is 1. The highest BCUT2D eigenvalue weighted by molar-refractivity contribution is 7.98. The van der Waals surface area contributed by atoms with E-state index in [0.29, 0.717) is 23.9 Å². The van der Waals surface area contributed by atoms with Crippen LogP contribution in [0.15, 0.2) is 53.9 Å². The zero-order chi connectivity index (χ0) is 19.5. The molecule has 6 nitrogen and oxygen atoms in total. The van der Waals surface area contributed by atoms with Crippen LogP contribution in [0.25, 0.3) is 17.0 Å². The number of aryl methyl sites for hydroxylation is 1. The summed E-state index contributed by atoms with van der Waals surface area (Å²) in [6.45, 7) is 3.33. The Morgan fingerprint density at radius 3 is 2.71 bits per heavy atom. The maximum absolute atomic E-state index is 6.01. The zero-order valence-electron chi connectivity index (χ0n) is 15.7. The first-order valence-electron chi connectivity index (χ1n) is 8.90. The zero-order valence-corrected chi connectivity index (χ0v) is 17.2. The largest absolute Gasteiger partial charge is 0.383 e. The number of ether oxygens (including phenoxy) is 1. The highest BCUT2D eigenvalue weighted by Crippen LogP contribution is 2.27. The lowest BCUT2D eigenvalue weighted by Crippen LogP contribution is -2.07. The Balaban J connectivity index is 1.59. The van der Waals surface area contributed by atoms with Crippen LogP contribution < -0.4 is 0 Å². The Morgan fingerprint density at radius 1 is 1.14 bits per heavy atom. The van der Waals surface area contributed by atoms with Crippen molar-refractivity contribution in [3.8, 4) is 11.4 Å². The quantitative estimate of drug-likeness (QED) is 0.418. The third-order valence-corrected chi connectivity index (χ3v) is 5.67. The smallest absolute Gasteiger partial charge is 0.191 e. The molecule has 0 N–H and O–H groups in total. The Kier molecular flexibility index (Phi) is 5.66. The highest BCUT2D eigenvalue weighted by Gasteiger charge is 2.15. The minimum absolute atomic E-state index is 0.583. The second-order valence-electron chi connectivity index (χ2n) is 6.40. The molecular formula is C20H20ClN5OS. The van der Waals surface area contributed by atoms with Gasteiger partial charge in [0.25, 0.3) is 0 Å². The number of halogens is 1. The summed E-state index contributed by atoms with van der Waals surface area (Å²) in [4.78, 5) is 4.74. The summed E-state index contributed by atoms with van der Waals surface area (Å²) in [5.74, 6) is 1.52. The fourth-order valence-electron chi connectivity index (χ4n) is 3.00. The molecule has 28 heavy (non-hydrogen) atoms. The summed E-state index contributed by atoms with van der Waals surface area (Å²) in [6.07, 6.45) is 4.08. The first-order valence-corrected chi connectivity index (χ1v) is 10.3. The summed E-state index contributed by atoms with van der Waals surface area (Å²) >= 11 is 7.64. The molecule has 1 aromatic carbocycles. The van der Waals surface area contributed by atoms with Crippen LogP contribution >= 0.6 is 23.4 Å². The predicted octanol–water partition coefficient (Wildman–Crippen LogP) is 4.49. The SMILES string of the molecule is COCCn1c(SCc2cn3cccc(C)c3n2)nnc1-c1ccc(Cl)cc1. The number of hydrogen-bond acceptors (Lipinski definition) is 5. The van der Waals surface area contributed by atoms with Crippen LogP contribution in [-0.2, 0) is 17.0 Å². The van der Waals surface area contributed by atoms with Crippen LogP contribution in [0.5, 0.6) is 0 Å². The Labute approximate surface area is 172 Å². The van der Waals surface area contributed by atoms with E-state index >= 15 is 0 Å². The molecule has 0 aliphatic carbocycles. The van der Waals surface area contributed by atoms with Gasteiger partial charge in [0.05, 0.1) is 18.8 Å². The molecule has 0 bridgehead atoms. The third kappa shape index (κ3) is 3.92. The van der Waals surface area contributed by atoms with Crippen molar-refractivity contribution in [2.75, 3.05) is 13.7 Å². The van der Waals surface area contributed by atoms with Gasteiger partial charge in [-0.3, -0.25) is 4.57 Å². The van der Waals surface area contributed by atoms with Crippen molar-refractivity contribution in [1.29, 1.82) is 0 Å². The number of thioether (sulfide) groups is 1. The minimum atomic E-state index is 0.583. The maximum atomic E-state index is 6.01. The molecule has 0 aliphatic heterocycles. The van der Waals surface area contributed by atoms with Crippen LogP contribution in [0.4, 0.5) is 0 Å². The second-order valence-corrected chi connectivity index (χ2v) is 7.78. The lowest BCUT2D eigenvalue weighted by molar-refractivity contribution is 0.185. The van der Waals surface area contributed by atoms with E-state index in [1.807, 2.05) is 36.5 Å². The molecule has 0 atom stereocenters. The van der Waals surface area contributed by atoms with Crippen molar-refractivity contribution in [1.82, 2.24) is 24.1 Å². The van der Waals surface area contributed by atoms with Crippen molar-refractivity contribution in [3.05, 3.63) is 65.1 Å². The Morgan fingerprint density at radius 2 is 1.96 bits per heavy atom. The predicted molar refractivity (Wildman–Crippen MR) is 112 cm³/mol. The fourth-order valence-corrected chi connectivity index (χ4v) is 3.98. The van der Waals surface area contributed by atoms with E-state index in [4.69, 9.17) is 21.3 Å². The lowest BCUT2D eigenvalue weighted by atomic mass is 10.2. The van der Waals surface area contributed by atoms with E-state index in [9.17, 15) is 0 Å². The average Bonchev–Trinajstić information content (AvgIpc) is 3.30. The Bertz CT molecular complexity index is 1090. The van der Waals surface area contributed by atoms with E-state index in [1.165, 1.54) is 0 Å². The van der Waals surface area contributed by atoms with Gasteiger partial charge in [0.1, 0.15) is 5.65 Å². The fraction of sp³-hybridized carbons (Fsp3) is 0.250. The maximum Gasteiger partial charge on any atom is 0.191 e. The summed E-state index contributed by atoms with van der Waals surface area (Å²) < 4.78 is 9.41. The van der Waals surface area contributed by atoms with Gasteiger partial charge in [-0.1, -0.05) is 29.4 Å². The number of imidazole rings is 1. The summed E-state index contributed by atoms with van der Waals surface area (Å²) in [5, 5.41) is 10.4. The van der Waals surface area contributed by atoms with E-state index in [1.54, 1.807) is 18.9 Å². The highest BCUT2D eigenvalue weighted by atomic mass is 35.5. The number of rotatable bonds is 7. The van der Waals surface area contributed by atoms with Gasteiger partial charge in [0.15, 0.2) is 11.0 Å². The summed E-state index contributed by atoms with van der Waals surface area (Å²) in [7, 11) is 1.69. The number of fused-ring (bicyclic) bond motifs is 1. The number of benzene rings is 1. The molecular weight excluding hydrogens is 394 g/mol. The van der Waals surface area contributed by atoms with Gasteiger partial charge in [-0.25, -0.2) is 4.98 Å². The van der Waals surface area contributed by atoms with Crippen LogP contribution in [0.1, 0.15) is 11.3 Å². The first-order chi connectivity index (χ1) is 13.7. The summed E-state index contributed by atoms with van der Waals surface area (Å²) in [6, 6.07) is 11.7. The van der Waals surface area contributed by atoms with Crippen molar-refractivity contribution >= 4 is 29.0 Å². The minimum Gasteiger partial charge on any atom is -0.383 e. The van der Waals surface area contributed by atoms with Gasteiger partial charge in [-0.15, -0.1) is 10.2 Å². The lowest BCUT2D eigenvalue weighted by Gasteiger charge is -2.09. The normalized spacial score (nSPS) is 11.4. The monoisotopic (exact) mass is 413 g/mol. The van der Waals surface area contributed by atoms with Gasteiger partial charge in [0, 0.05) is 35.8 Å². The molecule has 0 saturated heterocycles. The molecule has 0 radical (unpaired) electrons. The molecule has 4 rings (SSSR count). The van der Waals surface area contributed by atoms with Crippen LogP contribution in [0.3, 0.4) is 0 Å². The van der Waals surface area contributed by atoms with Crippen LogP contribution in [0, 0.1) is 6.92 Å². The molecule has 3 aromatic heterocycles. The van der Waals surface area contributed by atoms with Gasteiger partial charge in [-0.05, 0) is 42.8 Å². The van der Waals surface area contributed by atoms with Gasteiger partial charge < -0.3 is 9.14 Å². The molecule has 0 saturated carbocycles. The molecule has 0 unspecified atom stereocenters. The van der Waals surface area contributed by atoms with E-state index in [0.717, 1.165) is 33.4 Å². The van der Waals surface area contributed by atoms with E-state index in [2.05, 4.69) is 38.4 Å². The molecule has 0 spiro atoms. The van der Waals surface area contributed by atoms with Crippen LogP contribution in [0.2, 0.25) is 5.02 Å². The molecule has 144 valence electrons. The third-order valence-electron chi connectivity index (χ3n) is 4.42. The average molecular weight is 414 g/mol. The molecule has 4 aromatic rings. The van der Waals surface area contributed by atoms with Gasteiger partial charge in [0.2, 0.25) is 0 Å². The molecule has 0 aliphatic rings. The topological polar surface area (TPSA) is 57.2 Å². The van der Waals surface area contributed by atoms with E-state index < -0.39 is 0 Å². The Hall–Kier alpha value is -2.35.